The van der Waals surface area contributed by atoms with Crippen molar-refractivity contribution in [3.05, 3.63) is 51.8 Å². The zero-order chi connectivity index (χ0) is 16.4. The van der Waals surface area contributed by atoms with Gasteiger partial charge in [-0.3, -0.25) is 10.1 Å². The van der Waals surface area contributed by atoms with Crippen LogP contribution in [0.15, 0.2) is 30.5 Å². The zero-order valence-electron chi connectivity index (χ0n) is 13.2. The van der Waals surface area contributed by atoms with E-state index in [1.807, 2.05) is 31.3 Å². The number of aromatic amines is 1. The maximum Gasteiger partial charge on any atom is 0.333 e. The van der Waals surface area contributed by atoms with Gasteiger partial charge in [0.1, 0.15) is 5.69 Å². The second-order valence-electron chi connectivity index (χ2n) is 5.41. The summed E-state index contributed by atoms with van der Waals surface area (Å²) < 4.78 is 1.55. The molecule has 0 unspecified atom stereocenters. The van der Waals surface area contributed by atoms with Crippen molar-refractivity contribution in [2.45, 2.75) is 19.8 Å². The van der Waals surface area contributed by atoms with Crippen LogP contribution in [0.3, 0.4) is 0 Å². The Morgan fingerprint density at radius 1 is 1.39 bits per heavy atom. The van der Waals surface area contributed by atoms with Gasteiger partial charge in [0, 0.05) is 30.7 Å². The van der Waals surface area contributed by atoms with Gasteiger partial charge in [-0.15, -0.1) is 0 Å². The summed E-state index contributed by atoms with van der Waals surface area (Å²) in [6.45, 7) is 2.47. The minimum absolute atomic E-state index is 0.0777. The summed E-state index contributed by atoms with van der Waals surface area (Å²) in [6.07, 6.45) is 3.30. The van der Waals surface area contributed by atoms with Crippen molar-refractivity contribution in [2.24, 2.45) is 7.05 Å². The van der Waals surface area contributed by atoms with Gasteiger partial charge in [0.15, 0.2) is 0 Å². The summed E-state index contributed by atoms with van der Waals surface area (Å²) in [6, 6.07) is 8.10. The Bertz CT molecular complexity index is 849. The van der Waals surface area contributed by atoms with E-state index in [0.29, 0.717) is 24.5 Å². The smallest absolute Gasteiger partial charge is 0.333 e. The Kier molecular flexibility index (Phi) is 4.01. The predicted octanol–water partition coefficient (Wildman–Crippen LogP) is 3.03. The van der Waals surface area contributed by atoms with Crippen LogP contribution in [0.25, 0.3) is 10.9 Å². The monoisotopic (exact) mass is 313 g/mol. The Morgan fingerprint density at radius 3 is 2.91 bits per heavy atom. The molecule has 0 fully saturated rings. The van der Waals surface area contributed by atoms with Gasteiger partial charge in [0.2, 0.25) is 5.82 Å². The van der Waals surface area contributed by atoms with Crippen molar-refractivity contribution in [3.63, 3.8) is 0 Å². The van der Waals surface area contributed by atoms with E-state index in [4.69, 9.17) is 0 Å². The first-order valence-corrected chi connectivity index (χ1v) is 7.61. The predicted molar refractivity (Wildman–Crippen MR) is 89.7 cm³/mol. The average Bonchev–Trinajstić information content (AvgIpc) is 3.09. The minimum atomic E-state index is -0.361. The average molecular weight is 313 g/mol. The number of hydrogen-bond acceptors (Lipinski definition) is 4. The fourth-order valence-corrected chi connectivity index (χ4v) is 2.85. The van der Waals surface area contributed by atoms with Gasteiger partial charge in [-0.2, -0.15) is 5.10 Å². The summed E-state index contributed by atoms with van der Waals surface area (Å²) >= 11 is 0. The molecule has 0 amide bonds. The third-order valence-electron chi connectivity index (χ3n) is 3.97. The molecule has 0 spiro atoms. The third kappa shape index (κ3) is 2.77. The van der Waals surface area contributed by atoms with E-state index >= 15 is 0 Å². The molecule has 7 heteroatoms. The number of anilines is 1. The molecule has 2 aromatic heterocycles. The highest BCUT2D eigenvalue weighted by atomic mass is 16.6. The van der Waals surface area contributed by atoms with Crippen LogP contribution in [-0.4, -0.2) is 26.2 Å². The van der Waals surface area contributed by atoms with Gasteiger partial charge in [0.25, 0.3) is 0 Å². The summed E-state index contributed by atoms with van der Waals surface area (Å²) in [5.41, 5.74) is 2.87. The number of rotatable bonds is 6. The van der Waals surface area contributed by atoms with E-state index in [-0.39, 0.29) is 10.6 Å². The highest BCUT2D eigenvalue weighted by Crippen LogP contribution is 2.28. The lowest BCUT2D eigenvalue weighted by Gasteiger charge is -2.05. The van der Waals surface area contributed by atoms with Crippen molar-refractivity contribution in [3.8, 4) is 0 Å². The molecule has 3 rings (SSSR count). The third-order valence-corrected chi connectivity index (χ3v) is 3.97. The topological polar surface area (TPSA) is 88.8 Å². The Balaban J connectivity index is 1.76. The normalized spacial score (nSPS) is 11.0. The molecule has 3 aromatic rings. The van der Waals surface area contributed by atoms with Crippen molar-refractivity contribution >= 4 is 22.4 Å². The molecule has 0 saturated heterocycles. The first-order chi connectivity index (χ1) is 11.1. The van der Waals surface area contributed by atoms with Gasteiger partial charge >= 0.3 is 5.69 Å². The quantitative estimate of drug-likeness (QED) is 0.541. The van der Waals surface area contributed by atoms with E-state index in [9.17, 15) is 10.1 Å². The van der Waals surface area contributed by atoms with Gasteiger partial charge < -0.3 is 10.3 Å². The zero-order valence-corrected chi connectivity index (χ0v) is 13.2. The fraction of sp³-hybridized carbons (Fsp3) is 0.312. The van der Waals surface area contributed by atoms with E-state index in [0.717, 1.165) is 11.9 Å². The number of aryl methyl sites for hydroxylation is 2. The largest absolute Gasteiger partial charge is 0.364 e. The van der Waals surface area contributed by atoms with E-state index in [1.165, 1.54) is 10.9 Å². The Hall–Kier alpha value is -2.83. The SMILES string of the molecule is CCc1nn(C)c(NCCc2c[nH]c3ccccc23)c1[N+](=O)[O-]. The van der Waals surface area contributed by atoms with Crippen LogP contribution in [-0.2, 0) is 19.9 Å². The number of fused-ring (bicyclic) bond motifs is 1. The van der Waals surface area contributed by atoms with E-state index in [2.05, 4.69) is 21.5 Å². The lowest BCUT2D eigenvalue weighted by molar-refractivity contribution is -0.384. The van der Waals surface area contributed by atoms with Crippen LogP contribution in [0.2, 0.25) is 0 Å². The van der Waals surface area contributed by atoms with E-state index in [1.54, 1.807) is 11.7 Å². The summed E-state index contributed by atoms with van der Waals surface area (Å²) in [4.78, 5) is 14.2. The maximum absolute atomic E-state index is 11.3. The number of benzene rings is 1. The van der Waals surface area contributed by atoms with Crippen molar-refractivity contribution < 1.29 is 4.92 Å². The molecule has 0 saturated carbocycles. The molecule has 1 aromatic carbocycles. The van der Waals surface area contributed by atoms with Crippen molar-refractivity contribution in [1.29, 1.82) is 0 Å². The standard InChI is InChI=1S/C16H19N5O2/c1-3-13-15(21(22)23)16(20(2)19-13)17-9-8-11-10-18-14-7-5-4-6-12(11)14/h4-7,10,17-18H,3,8-9H2,1-2H3. The van der Waals surface area contributed by atoms with Gasteiger partial charge in [0.05, 0.1) is 4.92 Å². The molecule has 2 heterocycles. The maximum atomic E-state index is 11.3. The van der Waals surface area contributed by atoms with E-state index < -0.39 is 0 Å². The molecule has 0 aliphatic heterocycles. The summed E-state index contributed by atoms with van der Waals surface area (Å²) in [7, 11) is 1.72. The lowest BCUT2D eigenvalue weighted by Crippen LogP contribution is -2.09. The second kappa shape index (κ2) is 6.12. The number of nitrogens with zero attached hydrogens (tertiary/aromatic N) is 3. The van der Waals surface area contributed by atoms with Gasteiger partial charge in [-0.1, -0.05) is 25.1 Å². The molecule has 0 radical (unpaired) electrons. The second-order valence-corrected chi connectivity index (χ2v) is 5.41. The molecule has 7 nitrogen and oxygen atoms in total. The Morgan fingerprint density at radius 2 is 2.17 bits per heavy atom. The first-order valence-electron chi connectivity index (χ1n) is 7.61. The highest BCUT2D eigenvalue weighted by molar-refractivity contribution is 5.83. The summed E-state index contributed by atoms with van der Waals surface area (Å²) in [5.74, 6) is 0.465. The molecule has 2 N–H and O–H groups in total. The lowest BCUT2D eigenvalue weighted by atomic mass is 10.1. The van der Waals surface area contributed by atoms with Crippen LogP contribution in [0, 0.1) is 10.1 Å². The minimum Gasteiger partial charge on any atom is -0.364 e. The molecule has 23 heavy (non-hydrogen) atoms. The van der Waals surface area contributed by atoms with Crippen LogP contribution in [0.1, 0.15) is 18.2 Å². The van der Waals surface area contributed by atoms with Crippen molar-refractivity contribution in [2.75, 3.05) is 11.9 Å². The summed E-state index contributed by atoms with van der Waals surface area (Å²) in [5, 5.41) is 19.9. The van der Waals surface area contributed by atoms with Gasteiger partial charge in [-0.25, -0.2) is 4.68 Å². The van der Waals surface area contributed by atoms with Crippen molar-refractivity contribution in [1.82, 2.24) is 14.8 Å². The van der Waals surface area contributed by atoms with Crippen LogP contribution in [0.4, 0.5) is 11.5 Å². The van der Waals surface area contributed by atoms with Gasteiger partial charge in [-0.05, 0) is 24.5 Å². The van der Waals surface area contributed by atoms with Crippen LogP contribution >= 0.6 is 0 Å². The number of H-pyrrole nitrogens is 1. The molecular formula is C16H19N5O2. The molecular weight excluding hydrogens is 294 g/mol. The molecule has 0 aliphatic carbocycles. The van der Waals surface area contributed by atoms with Crippen LogP contribution < -0.4 is 5.32 Å². The molecule has 0 aliphatic rings. The molecule has 0 atom stereocenters. The fourth-order valence-electron chi connectivity index (χ4n) is 2.85. The number of nitrogens with one attached hydrogen (secondary N) is 2. The first kappa shape index (κ1) is 15.1. The van der Waals surface area contributed by atoms with Crippen LogP contribution in [0.5, 0.6) is 0 Å². The molecule has 0 bridgehead atoms. The number of hydrogen-bond donors (Lipinski definition) is 2. The Labute approximate surface area is 133 Å². The highest BCUT2D eigenvalue weighted by Gasteiger charge is 2.25. The number of aromatic nitrogens is 3. The number of para-hydroxylation sites is 1. The molecule has 120 valence electrons. The number of nitro groups is 1.